The van der Waals surface area contributed by atoms with E-state index in [-0.39, 0.29) is 29.0 Å². The van der Waals surface area contributed by atoms with E-state index in [2.05, 4.69) is 15.6 Å². The van der Waals surface area contributed by atoms with Gasteiger partial charge in [-0.3, -0.25) is 4.79 Å². The lowest BCUT2D eigenvalue weighted by Crippen LogP contribution is -2.28. The molecule has 9 heteroatoms. The van der Waals surface area contributed by atoms with Crippen LogP contribution in [0.15, 0.2) is 39.8 Å². The van der Waals surface area contributed by atoms with Gasteiger partial charge in [0.25, 0.3) is 5.91 Å². The maximum absolute atomic E-state index is 12.2. The highest BCUT2D eigenvalue weighted by molar-refractivity contribution is 7.89. The van der Waals surface area contributed by atoms with Gasteiger partial charge in [-0.15, -0.1) is 0 Å². The molecule has 4 N–H and O–H groups in total. The number of nitrogens with two attached hydrogens (primary N) is 1. The topological polar surface area (TPSA) is 127 Å². The van der Waals surface area contributed by atoms with E-state index in [1.54, 1.807) is 12.1 Å². The Morgan fingerprint density at radius 2 is 2.12 bits per heavy atom. The predicted octanol–water partition coefficient (Wildman–Crippen LogP) is 0.719. The maximum Gasteiger partial charge on any atom is 0.273 e. The molecule has 0 spiro atoms. The van der Waals surface area contributed by atoms with Crippen molar-refractivity contribution in [3.8, 4) is 0 Å². The van der Waals surface area contributed by atoms with Crippen LogP contribution in [0.4, 0.5) is 0 Å². The van der Waals surface area contributed by atoms with Gasteiger partial charge in [-0.1, -0.05) is 12.1 Å². The molecule has 0 radical (unpaired) electrons. The number of carbonyl (C=O) groups excluding carboxylic acids is 1. The molecule has 1 fully saturated rings. The van der Waals surface area contributed by atoms with Crippen molar-refractivity contribution < 1.29 is 17.6 Å². The number of aromatic nitrogens is 1. The number of piperidine rings is 1. The van der Waals surface area contributed by atoms with Gasteiger partial charge in [-0.05, 0) is 37.1 Å². The minimum absolute atomic E-state index is 0.0322. The number of sulfonamides is 1. The number of rotatable bonds is 5. The summed E-state index contributed by atoms with van der Waals surface area (Å²) in [4.78, 5) is 16.5. The first-order valence-corrected chi connectivity index (χ1v) is 9.54. The van der Waals surface area contributed by atoms with Crippen molar-refractivity contribution in [2.24, 2.45) is 5.14 Å². The van der Waals surface area contributed by atoms with Gasteiger partial charge in [0.05, 0.1) is 4.90 Å². The molecular formula is C16H20N4O4S. The molecule has 0 saturated carbocycles. The predicted molar refractivity (Wildman–Crippen MR) is 90.3 cm³/mol. The molecule has 1 aromatic carbocycles. The van der Waals surface area contributed by atoms with Crippen LogP contribution in [0.1, 0.15) is 40.7 Å². The van der Waals surface area contributed by atoms with Crippen molar-refractivity contribution >= 4 is 15.9 Å². The minimum Gasteiger partial charge on any atom is -0.448 e. The minimum atomic E-state index is -3.72. The van der Waals surface area contributed by atoms with Crippen LogP contribution in [-0.2, 0) is 16.6 Å². The SMILES string of the molecule is NS(=O)(=O)c1ccc(CNC(=O)c2coc(C3CCCNC3)n2)cc1. The fraction of sp³-hybridized carbons (Fsp3) is 0.375. The van der Waals surface area contributed by atoms with Gasteiger partial charge >= 0.3 is 0 Å². The van der Waals surface area contributed by atoms with Crippen LogP contribution in [0.25, 0.3) is 0 Å². The molecule has 134 valence electrons. The lowest BCUT2D eigenvalue weighted by atomic mass is 10.00. The molecule has 2 heterocycles. The maximum atomic E-state index is 12.2. The van der Waals surface area contributed by atoms with Crippen molar-refractivity contribution in [3.63, 3.8) is 0 Å². The van der Waals surface area contributed by atoms with Gasteiger partial charge in [-0.2, -0.15) is 0 Å². The lowest BCUT2D eigenvalue weighted by Gasteiger charge is -2.19. The molecule has 1 unspecified atom stereocenters. The second kappa shape index (κ2) is 7.34. The molecule has 1 aliphatic heterocycles. The number of amides is 1. The summed E-state index contributed by atoms with van der Waals surface area (Å²) in [7, 11) is -3.72. The average Bonchev–Trinajstić information content (AvgIpc) is 3.10. The number of primary sulfonamides is 1. The van der Waals surface area contributed by atoms with Crippen LogP contribution < -0.4 is 15.8 Å². The molecule has 0 aliphatic carbocycles. The number of nitrogens with zero attached hydrogens (tertiary/aromatic N) is 1. The zero-order valence-electron chi connectivity index (χ0n) is 13.6. The summed E-state index contributed by atoms with van der Waals surface area (Å²) in [5.41, 5.74) is 0.989. The van der Waals surface area contributed by atoms with E-state index in [0.29, 0.717) is 5.89 Å². The van der Waals surface area contributed by atoms with E-state index in [4.69, 9.17) is 9.56 Å². The first kappa shape index (κ1) is 17.6. The van der Waals surface area contributed by atoms with Gasteiger partial charge in [0, 0.05) is 19.0 Å². The standard InChI is InChI=1S/C16H20N4O4S/c17-25(22,23)13-5-3-11(4-6-13)8-19-15(21)14-10-24-16(20-14)12-2-1-7-18-9-12/h3-6,10,12,18H,1-2,7-9H2,(H,19,21)(H2,17,22,23). The molecule has 1 aliphatic rings. The summed E-state index contributed by atoms with van der Waals surface area (Å²) < 4.78 is 27.9. The largest absolute Gasteiger partial charge is 0.448 e. The Morgan fingerprint density at radius 3 is 2.76 bits per heavy atom. The molecule has 1 saturated heterocycles. The molecular weight excluding hydrogens is 344 g/mol. The Labute approximate surface area is 145 Å². The Balaban J connectivity index is 1.58. The number of nitrogens with one attached hydrogen (secondary N) is 2. The molecule has 2 aromatic rings. The van der Waals surface area contributed by atoms with E-state index in [1.807, 2.05) is 0 Å². The first-order valence-electron chi connectivity index (χ1n) is 7.99. The number of hydrogen-bond donors (Lipinski definition) is 3. The van der Waals surface area contributed by atoms with Gasteiger partial charge in [0.2, 0.25) is 10.0 Å². The lowest BCUT2D eigenvalue weighted by molar-refractivity contribution is 0.0946. The third-order valence-corrected chi connectivity index (χ3v) is 5.03. The van der Waals surface area contributed by atoms with Crippen molar-refractivity contribution in [2.45, 2.75) is 30.2 Å². The fourth-order valence-corrected chi connectivity index (χ4v) is 3.23. The van der Waals surface area contributed by atoms with Crippen LogP contribution in [-0.4, -0.2) is 32.4 Å². The van der Waals surface area contributed by atoms with Crippen molar-refractivity contribution in [3.05, 3.63) is 47.7 Å². The normalized spacial score (nSPS) is 18.0. The van der Waals surface area contributed by atoms with Crippen molar-refractivity contribution in [1.82, 2.24) is 15.6 Å². The second-order valence-corrected chi connectivity index (χ2v) is 7.55. The van der Waals surface area contributed by atoms with E-state index in [0.717, 1.165) is 31.5 Å². The highest BCUT2D eigenvalue weighted by Crippen LogP contribution is 2.22. The number of hydrogen-bond acceptors (Lipinski definition) is 6. The molecule has 1 aromatic heterocycles. The molecule has 1 atom stereocenters. The van der Waals surface area contributed by atoms with Gasteiger partial charge in [0.15, 0.2) is 11.6 Å². The summed E-state index contributed by atoms with van der Waals surface area (Å²) in [6, 6.07) is 6.01. The molecule has 3 rings (SSSR count). The Morgan fingerprint density at radius 1 is 1.36 bits per heavy atom. The smallest absolute Gasteiger partial charge is 0.273 e. The molecule has 8 nitrogen and oxygen atoms in total. The Bertz CT molecular complexity index is 839. The zero-order valence-corrected chi connectivity index (χ0v) is 14.4. The molecule has 1 amide bonds. The van der Waals surface area contributed by atoms with Crippen LogP contribution in [0.3, 0.4) is 0 Å². The summed E-state index contributed by atoms with van der Waals surface area (Å²) in [5.74, 6) is 0.435. The average molecular weight is 364 g/mol. The second-order valence-electron chi connectivity index (χ2n) is 5.99. The van der Waals surface area contributed by atoms with Crippen LogP contribution >= 0.6 is 0 Å². The first-order chi connectivity index (χ1) is 11.9. The van der Waals surface area contributed by atoms with E-state index < -0.39 is 10.0 Å². The van der Waals surface area contributed by atoms with E-state index in [9.17, 15) is 13.2 Å². The van der Waals surface area contributed by atoms with Crippen molar-refractivity contribution in [1.29, 1.82) is 0 Å². The highest BCUT2D eigenvalue weighted by atomic mass is 32.2. The monoisotopic (exact) mass is 364 g/mol. The highest BCUT2D eigenvalue weighted by Gasteiger charge is 2.21. The summed E-state index contributed by atoms with van der Waals surface area (Å²) >= 11 is 0. The van der Waals surface area contributed by atoms with Gasteiger partial charge in [0.1, 0.15) is 6.26 Å². The van der Waals surface area contributed by atoms with E-state index >= 15 is 0 Å². The summed E-state index contributed by atoms with van der Waals surface area (Å²) in [5, 5.41) is 11.1. The molecule has 0 bridgehead atoms. The van der Waals surface area contributed by atoms with Gasteiger partial charge in [-0.25, -0.2) is 18.5 Å². The number of oxazole rings is 1. The third-order valence-electron chi connectivity index (χ3n) is 4.11. The Hall–Kier alpha value is -2.23. The zero-order chi connectivity index (χ0) is 17.9. The van der Waals surface area contributed by atoms with Crippen LogP contribution in [0, 0.1) is 0 Å². The quantitative estimate of drug-likeness (QED) is 0.717. The van der Waals surface area contributed by atoms with E-state index in [1.165, 1.54) is 18.4 Å². The number of carbonyl (C=O) groups is 1. The molecule has 25 heavy (non-hydrogen) atoms. The van der Waals surface area contributed by atoms with Crippen molar-refractivity contribution in [2.75, 3.05) is 13.1 Å². The summed E-state index contributed by atoms with van der Waals surface area (Å²) in [6.07, 6.45) is 3.41. The van der Waals surface area contributed by atoms with Crippen LogP contribution in [0.5, 0.6) is 0 Å². The fourth-order valence-electron chi connectivity index (χ4n) is 2.71. The number of benzene rings is 1. The van der Waals surface area contributed by atoms with Crippen LogP contribution in [0.2, 0.25) is 0 Å². The van der Waals surface area contributed by atoms with Gasteiger partial charge < -0.3 is 15.1 Å². The summed E-state index contributed by atoms with van der Waals surface area (Å²) in [6.45, 7) is 2.05. The third kappa shape index (κ3) is 4.44. The Kier molecular flexibility index (Phi) is 5.16.